The summed E-state index contributed by atoms with van der Waals surface area (Å²) < 4.78 is 43.9. The Morgan fingerprint density at radius 3 is 1.92 bits per heavy atom. The molecular weight excluding hydrogens is 331 g/mol. The molecule has 0 N–H and O–H groups in total. The van der Waals surface area contributed by atoms with Gasteiger partial charge in [-0.1, -0.05) is 46.5 Å². The molecule has 7 heteroatoms. The first-order valence-electron chi connectivity index (χ1n) is 9.77. The fraction of sp³-hybridized carbons (Fsp3) is 0.833. The highest BCUT2D eigenvalue weighted by atomic mass is 19.5. The Balaban J connectivity index is 0.00000101. The lowest BCUT2D eigenvalue weighted by molar-refractivity contribution is -0.697. The average molecular weight is 366 g/mol. The Hall–Kier alpha value is -1.01. The number of halogens is 4. The molecule has 0 atom stereocenters. The number of imidazole rings is 1. The maximum Gasteiger partial charge on any atom is 0.673 e. The summed E-state index contributed by atoms with van der Waals surface area (Å²) in [6.45, 7) is 9.23. The summed E-state index contributed by atoms with van der Waals surface area (Å²) >= 11 is 0. The van der Waals surface area contributed by atoms with Crippen LogP contribution in [0.25, 0.3) is 0 Å². The van der Waals surface area contributed by atoms with Crippen LogP contribution < -0.4 is 4.57 Å². The van der Waals surface area contributed by atoms with Crippen LogP contribution in [-0.4, -0.2) is 11.8 Å². The normalized spacial score (nSPS) is 11.3. The lowest BCUT2D eigenvalue weighted by Crippen LogP contribution is -2.30. The molecule has 0 saturated carbocycles. The van der Waals surface area contributed by atoms with Gasteiger partial charge in [0.15, 0.2) is 0 Å². The predicted octanol–water partition coefficient (Wildman–Crippen LogP) is 6.19. The van der Waals surface area contributed by atoms with Crippen molar-refractivity contribution in [2.24, 2.45) is 0 Å². The van der Waals surface area contributed by atoms with Crippen molar-refractivity contribution < 1.29 is 21.8 Å². The summed E-state index contributed by atoms with van der Waals surface area (Å²) in [6.07, 6.45) is 18.0. The van der Waals surface area contributed by atoms with Crippen LogP contribution in [0.15, 0.2) is 12.5 Å². The van der Waals surface area contributed by atoms with Gasteiger partial charge in [-0.3, -0.25) is 0 Å². The molecule has 1 aromatic heterocycles. The average Bonchev–Trinajstić information content (AvgIpc) is 2.89. The van der Waals surface area contributed by atoms with E-state index in [1.807, 2.05) is 0 Å². The van der Waals surface area contributed by atoms with E-state index in [1.165, 1.54) is 77.3 Å². The molecule has 0 amide bonds. The van der Waals surface area contributed by atoms with Gasteiger partial charge in [0.2, 0.25) is 6.33 Å². The summed E-state index contributed by atoms with van der Waals surface area (Å²) in [5, 5.41) is 0. The fourth-order valence-corrected chi connectivity index (χ4v) is 2.72. The Labute approximate surface area is 150 Å². The van der Waals surface area contributed by atoms with E-state index < -0.39 is 7.25 Å². The molecule has 2 nitrogen and oxygen atoms in total. The second-order valence-corrected chi connectivity index (χ2v) is 6.53. The molecule has 0 saturated heterocycles. The molecule has 0 radical (unpaired) electrons. The lowest BCUT2D eigenvalue weighted by Gasteiger charge is -2.01. The van der Waals surface area contributed by atoms with E-state index in [-0.39, 0.29) is 0 Å². The van der Waals surface area contributed by atoms with Gasteiger partial charge in [0.05, 0.1) is 13.1 Å². The van der Waals surface area contributed by atoms with E-state index in [0.717, 1.165) is 0 Å². The number of hydrogen-bond donors (Lipinski definition) is 0. The third-order valence-electron chi connectivity index (χ3n) is 4.03. The van der Waals surface area contributed by atoms with Gasteiger partial charge in [-0.2, -0.15) is 0 Å². The molecule has 0 aromatic carbocycles. The summed E-state index contributed by atoms with van der Waals surface area (Å²) in [5.41, 5.74) is 1.55. The van der Waals surface area contributed by atoms with Gasteiger partial charge in [-0.05, 0) is 32.1 Å². The van der Waals surface area contributed by atoms with E-state index in [1.54, 1.807) is 5.69 Å². The van der Waals surface area contributed by atoms with Crippen molar-refractivity contribution in [3.8, 4) is 0 Å². The molecule has 1 heterocycles. The van der Waals surface area contributed by atoms with Gasteiger partial charge in [-0.15, -0.1) is 0 Å². The summed E-state index contributed by atoms with van der Waals surface area (Å²) in [5.74, 6) is 0. The Bertz CT molecular complexity index is 400. The Kier molecular flexibility index (Phi) is 13.6. The van der Waals surface area contributed by atoms with Crippen LogP contribution in [-0.2, 0) is 19.5 Å². The number of unbranched alkanes of at least 4 members (excludes halogenated alkanes) is 6. The highest BCUT2D eigenvalue weighted by Gasteiger charge is 2.20. The molecule has 0 aliphatic carbocycles. The fourth-order valence-electron chi connectivity index (χ4n) is 2.72. The molecule has 25 heavy (non-hydrogen) atoms. The SMILES string of the molecule is CCCCCc1c[n+](CCCCC)cn1CCCCC.F[B-](F)(F)F. The van der Waals surface area contributed by atoms with Crippen molar-refractivity contribution in [3.63, 3.8) is 0 Å². The number of nitrogens with zero attached hydrogens (tertiary/aromatic N) is 2. The van der Waals surface area contributed by atoms with Gasteiger partial charge in [0.25, 0.3) is 0 Å². The second-order valence-electron chi connectivity index (χ2n) is 6.53. The van der Waals surface area contributed by atoms with Crippen LogP contribution in [0.4, 0.5) is 17.3 Å². The van der Waals surface area contributed by atoms with E-state index in [0.29, 0.717) is 0 Å². The third kappa shape index (κ3) is 15.0. The van der Waals surface area contributed by atoms with Crippen molar-refractivity contribution in [1.29, 1.82) is 0 Å². The van der Waals surface area contributed by atoms with Crippen molar-refractivity contribution >= 4 is 7.25 Å². The van der Waals surface area contributed by atoms with Gasteiger partial charge >= 0.3 is 7.25 Å². The zero-order valence-electron chi connectivity index (χ0n) is 16.1. The standard InChI is InChI=1S/C18H35N2.BF4/c1-4-7-10-13-18-16-19(14-11-8-5-2)17-20(18)15-12-9-6-3;2-1(3,4)5/h16-17H,4-15H2,1-3H3;/q+1;-1. The van der Waals surface area contributed by atoms with Crippen molar-refractivity contribution in [2.45, 2.75) is 98.1 Å². The zero-order chi connectivity index (χ0) is 19.1. The van der Waals surface area contributed by atoms with E-state index >= 15 is 0 Å². The first-order chi connectivity index (χ1) is 11.8. The maximum atomic E-state index is 9.75. The molecule has 0 fully saturated rings. The molecule has 1 aromatic rings. The molecule has 148 valence electrons. The molecule has 1 rings (SSSR count). The summed E-state index contributed by atoms with van der Waals surface area (Å²) in [4.78, 5) is 0. The minimum absolute atomic E-state index is 1.19. The Morgan fingerprint density at radius 2 is 1.36 bits per heavy atom. The topological polar surface area (TPSA) is 8.81 Å². The van der Waals surface area contributed by atoms with Gasteiger partial charge < -0.3 is 17.3 Å². The van der Waals surface area contributed by atoms with Crippen LogP contribution in [0.1, 0.15) is 84.3 Å². The summed E-state index contributed by atoms with van der Waals surface area (Å²) in [6, 6.07) is 0. The molecule has 0 spiro atoms. The van der Waals surface area contributed by atoms with Crippen LogP contribution in [0.2, 0.25) is 0 Å². The molecule has 0 aliphatic rings. The smallest absolute Gasteiger partial charge is 0.418 e. The highest BCUT2D eigenvalue weighted by Crippen LogP contribution is 2.09. The molecular formula is C18H35BF4N2. The monoisotopic (exact) mass is 366 g/mol. The minimum Gasteiger partial charge on any atom is -0.418 e. The van der Waals surface area contributed by atoms with E-state index in [9.17, 15) is 17.3 Å². The van der Waals surface area contributed by atoms with Crippen molar-refractivity contribution in [3.05, 3.63) is 18.2 Å². The van der Waals surface area contributed by atoms with Crippen LogP contribution in [0, 0.1) is 0 Å². The van der Waals surface area contributed by atoms with Crippen molar-refractivity contribution in [1.82, 2.24) is 4.57 Å². The Morgan fingerprint density at radius 1 is 0.840 bits per heavy atom. The molecule has 0 aliphatic heterocycles. The minimum atomic E-state index is -6.00. The van der Waals surface area contributed by atoms with Crippen LogP contribution >= 0.6 is 0 Å². The van der Waals surface area contributed by atoms with E-state index in [4.69, 9.17) is 0 Å². The second kappa shape index (κ2) is 14.2. The predicted molar refractivity (Wildman–Crippen MR) is 97.1 cm³/mol. The van der Waals surface area contributed by atoms with Crippen LogP contribution in [0.3, 0.4) is 0 Å². The first kappa shape index (κ1) is 24.0. The molecule has 0 unspecified atom stereocenters. The van der Waals surface area contributed by atoms with Gasteiger partial charge in [0.1, 0.15) is 11.9 Å². The zero-order valence-corrected chi connectivity index (χ0v) is 16.1. The number of aryl methyl sites for hydroxylation is 3. The van der Waals surface area contributed by atoms with Crippen LogP contribution in [0.5, 0.6) is 0 Å². The van der Waals surface area contributed by atoms with Crippen molar-refractivity contribution in [2.75, 3.05) is 0 Å². The lowest BCUT2D eigenvalue weighted by atomic mass is 10.1. The van der Waals surface area contributed by atoms with E-state index in [2.05, 4.69) is 42.4 Å². The number of hydrogen-bond acceptors (Lipinski definition) is 0. The first-order valence-corrected chi connectivity index (χ1v) is 9.77. The third-order valence-corrected chi connectivity index (χ3v) is 4.03. The highest BCUT2D eigenvalue weighted by molar-refractivity contribution is 6.50. The summed E-state index contributed by atoms with van der Waals surface area (Å²) in [7, 11) is -6.00. The van der Waals surface area contributed by atoms with Gasteiger partial charge in [0, 0.05) is 6.42 Å². The molecule has 0 bridgehead atoms. The largest absolute Gasteiger partial charge is 0.673 e. The number of rotatable bonds is 12. The van der Waals surface area contributed by atoms with Gasteiger partial charge in [-0.25, -0.2) is 9.13 Å². The quantitative estimate of drug-likeness (QED) is 0.181. The number of aromatic nitrogens is 2. The maximum absolute atomic E-state index is 9.75.